The number of aliphatic hydroxyl groups is 1. The molecule has 1 fully saturated rings. The Kier molecular flexibility index (Phi) is 1.51. The fourth-order valence-corrected chi connectivity index (χ4v) is 1.70. The monoisotopic (exact) mass is 159 g/mol. The molecule has 0 radical (unpaired) electrons. The van der Waals surface area contributed by atoms with Crippen LogP contribution >= 0.6 is 0 Å². The van der Waals surface area contributed by atoms with Crippen LogP contribution in [0.25, 0.3) is 0 Å². The topological polar surface area (TPSA) is 83.5 Å². The summed E-state index contributed by atoms with van der Waals surface area (Å²) in [6, 6.07) is 0. The van der Waals surface area contributed by atoms with Gasteiger partial charge in [-0.05, 0) is 0 Å². The van der Waals surface area contributed by atoms with Crippen LogP contribution in [0.15, 0.2) is 0 Å². The van der Waals surface area contributed by atoms with Crippen LogP contribution in [0, 0.1) is 11.3 Å². The second-order valence-electron chi connectivity index (χ2n) is 3.63. The number of hydrogen-bond donors (Lipinski definition) is 3. The highest BCUT2D eigenvalue weighted by molar-refractivity contribution is 5.85. The zero-order valence-corrected chi connectivity index (χ0v) is 6.66. The van der Waals surface area contributed by atoms with E-state index < -0.39 is 16.9 Å². The molecule has 1 aliphatic carbocycles. The Labute approximate surface area is 65.0 Å². The molecule has 64 valence electrons. The first-order valence-electron chi connectivity index (χ1n) is 3.52. The molecule has 1 aliphatic rings. The van der Waals surface area contributed by atoms with Crippen molar-refractivity contribution in [3.8, 4) is 0 Å². The molecule has 4 heteroatoms. The fraction of sp³-hybridized carbons (Fsp3) is 0.857. The van der Waals surface area contributed by atoms with Gasteiger partial charge in [0.25, 0.3) is 0 Å². The van der Waals surface area contributed by atoms with Gasteiger partial charge in [0.15, 0.2) is 0 Å². The van der Waals surface area contributed by atoms with Crippen molar-refractivity contribution in [1.82, 2.24) is 0 Å². The van der Waals surface area contributed by atoms with Crippen molar-refractivity contribution in [2.75, 3.05) is 6.61 Å². The Morgan fingerprint density at radius 2 is 2.09 bits per heavy atom. The van der Waals surface area contributed by atoms with Crippen molar-refractivity contribution in [2.45, 2.75) is 19.4 Å². The van der Waals surface area contributed by atoms with Crippen molar-refractivity contribution in [1.29, 1.82) is 0 Å². The highest BCUT2D eigenvalue weighted by atomic mass is 16.4. The molecule has 0 unspecified atom stereocenters. The molecule has 11 heavy (non-hydrogen) atoms. The predicted molar refractivity (Wildman–Crippen MR) is 38.9 cm³/mol. The lowest BCUT2D eigenvalue weighted by atomic mass is 10.1. The van der Waals surface area contributed by atoms with Gasteiger partial charge in [0.05, 0.1) is 0 Å². The Morgan fingerprint density at radius 1 is 1.64 bits per heavy atom. The number of aliphatic carboxylic acids is 1. The number of nitrogens with two attached hydrogens (primary N) is 1. The van der Waals surface area contributed by atoms with E-state index in [1.165, 1.54) is 0 Å². The van der Waals surface area contributed by atoms with Crippen molar-refractivity contribution in [3.63, 3.8) is 0 Å². The second-order valence-corrected chi connectivity index (χ2v) is 3.63. The first-order chi connectivity index (χ1) is 4.89. The quantitative estimate of drug-likeness (QED) is 0.503. The van der Waals surface area contributed by atoms with E-state index in [0.717, 1.165) is 0 Å². The molecule has 4 nitrogen and oxygen atoms in total. The molecule has 0 aromatic rings. The van der Waals surface area contributed by atoms with Gasteiger partial charge in [-0.25, -0.2) is 0 Å². The number of carboxylic acids is 1. The van der Waals surface area contributed by atoms with Gasteiger partial charge in [0.1, 0.15) is 5.54 Å². The van der Waals surface area contributed by atoms with E-state index >= 15 is 0 Å². The zero-order valence-electron chi connectivity index (χ0n) is 6.66. The number of aliphatic hydroxyl groups excluding tert-OH is 1. The van der Waals surface area contributed by atoms with Crippen LogP contribution in [0.4, 0.5) is 0 Å². The van der Waals surface area contributed by atoms with Gasteiger partial charge in [-0.3, -0.25) is 4.79 Å². The Morgan fingerprint density at radius 3 is 2.18 bits per heavy atom. The van der Waals surface area contributed by atoms with Gasteiger partial charge in [-0.2, -0.15) is 0 Å². The van der Waals surface area contributed by atoms with Gasteiger partial charge in [-0.1, -0.05) is 13.8 Å². The molecule has 2 atom stereocenters. The summed E-state index contributed by atoms with van der Waals surface area (Å²) in [5, 5.41) is 17.5. The summed E-state index contributed by atoms with van der Waals surface area (Å²) in [5.41, 5.74) is 3.86. The van der Waals surface area contributed by atoms with Crippen LogP contribution in [0.2, 0.25) is 0 Å². The molecule has 0 heterocycles. The standard InChI is InChI=1S/C7H13NO3/c1-6(2)4(3-9)7(6,8)5(10)11/h4,9H,3,8H2,1-2H3,(H,10,11)/t4-,7+/m1/s1. The van der Waals surface area contributed by atoms with Crippen molar-refractivity contribution < 1.29 is 15.0 Å². The minimum absolute atomic E-state index is 0.157. The molecule has 0 aromatic heterocycles. The maximum absolute atomic E-state index is 10.6. The first-order valence-corrected chi connectivity index (χ1v) is 3.52. The Balaban J connectivity index is 2.86. The average molecular weight is 159 g/mol. The third-order valence-electron chi connectivity index (χ3n) is 2.94. The molecule has 4 N–H and O–H groups in total. The van der Waals surface area contributed by atoms with Crippen LogP contribution < -0.4 is 5.73 Å². The van der Waals surface area contributed by atoms with Crippen LogP contribution in [-0.2, 0) is 4.79 Å². The molecule has 1 rings (SSSR count). The molecule has 0 aromatic carbocycles. The fourth-order valence-electron chi connectivity index (χ4n) is 1.70. The SMILES string of the molecule is CC1(C)[C@@H](CO)[C@]1(N)C(=O)O. The number of carboxylic acid groups (broad SMARTS) is 1. The number of carbonyl (C=O) groups is 1. The molecule has 0 saturated heterocycles. The lowest BCUT2D eigenvalue weighted by Gasteiger charge is -2.06. The van der Waals surface area contributed by atoms with Gasteiger partial charge < -0.3 is 15.9 Å². The smallest absolute Gasteiger partial charge is 0.324 e. The average Bonchev–Trinajstić information content (AvgIpc) is 2.29. The molecule has 1 saturated carbocycles. The van der Waals surface area contributed by atoms with E-state index in [1.807, 2.05) is 0 Å². The summed E-state index contributed by atoms with van der Waals surface area (Å²) in [4.78, 5) is 10.6. The lowest BCUT2D eigenvalue weighted by Crippen LogP contribution is -2.39. The summed E-state index contributed by atoms with van der Waals surface area (Å²) in [7, 11) is 0. The summed E-state index contributed by atoms with van der Waals surface area (Å²) in [5.74, 6) is -1.34. The van der Waals surface area contributed by atoms with Crippen molar-refractivity contribution in [3.05, 3.63) is 0 Å². The van der Waals surface area contributed by atoms with E-state index in [0.29, 0.717) is 0 Å². The van der Waals surface area contributed by atoms with Crippen molar-refractivity contribution in [2.24, 2.45) is 17.1 Å². The zero-order chi connectivity index (χ0) is 8.86. The van der Waals surface area contributed by atoms with E-state index in [9.17, 15) is 4.79 Å². The molecular weight excluding hydrogens is 146 g/mol. The van der Waals surface area contributed by atoms with Crippen LogP contribution in [0.1, 0.15) is 13.8 Å². The Bertz CT molecular complexity index is 202. The maximum atomic E-state index is 10.6. The molecule has 0 aliphatic heterocycles. The van der Waals surface area contributed by atoms with Crippen LogP contribution in [-0.4, -0.2) is 28.3 Å². The van der Waals surface area contributed by atoms with E-state index in [2.05, 4.69) is 0 Å². The summed E-state index contributed by atoms with van der Waals surface area (Å²) < 4.78 is 0. The molecular formula is C7H13NO3. The van der Waals surface area contributed by atoms with Gasteiger partial charge in [0.2, 0.25) is 0 Å². The largest absolute Gasteiger partial charge is 0.480 e. The third-order valence-corrected chi connectivity index (χ3v) is 2.94. The normalized spacial score (nSPS) is 40.2. The highest BCUT2D eigenvalue weighted by Gasteiger charge is 2.73. The minimum Gasteiger partial charge on any atom is -0.480 e. The number of rotatable bonds is 2. The van der Waals surface area contributed by atoms with E-state index in [1.54, 1.807) is 13.8 Å². The number of hydrogen-bond acceptors (Lipinski definition) is 3. The van der Waals surface area contributed by atoms with Crippen molar-refractivity contribution >= 4 is 5.97 Å². The van der Waals surface area contributed by atoms with Gasteiger partial charge >= 0.3 is 5.97 Å². The van der Waals surface area contributed by atoms with E-state index in [-0.39, 0.29) is 12.5 Å². The minimum atomic E-state index is -1.22. The second kappa shape index (κ2) is 1.95. The third kappa shape index (κ3) is 0.736. The molecule has 0 spiro atoms. The van der Waals surface area contributed by atoms with Gasteiger partial charge in [0, 0.05) is 17.9 Å². The summed E-state index contributed by atoms with van der Waals surface area (Å²) in [6.45, 7) is 3.35. The predicted octanol–water partition coefficient (Wildman–Crippen LogP) is -0.583. The molecule has 0 amide bonds. The summed E-state index contributed by atoms with van der Waals surface area (Å²) >= 11 is 0. The van der Waals surface area contributed by atoms with Crippen LogP contribution in [0.5, 0.6) is 0 Å². The Hall–Kier alpha value is -0.610. The lowest BCUT2D eigenvalue weighted by molar-refractivity contribution is -0.141. The summed E-state index contributed by atoms with van der Waals surface area (Å²) in [6.07, 6.45) is 0. The van der Waals surface area contributed by atoms with E-state index in [4.69, 9.17) is 15.9 Å². The van der Waals surface area contributed by atoms with Crippen LogP contribution in [0.3, 0.4) is 0 Å². The van der Waals surface area contributed by atoms with Gasteiger partial charge in [-0.15, -0.1) is 0 Å². The maximum Gasteiger partial charge on any atom is 0.324 e. The molecule has 0 bridgehead atoms. The highest BCUT2D eigenvalue weighted by Crippen LogP contribution is 2.59. The first kappa shape index (κ1) is 8.49.